The van der Waals surface area contributed by atoms with Gasteiger partial charge in [-0.1, -0.05) is 0 Å². The lowest BCUT2D eigenvalue weighted by atomic mass is 10.2. The van der Waals surface area contributed by atoms with Crippen molar-refractivity contribution in [2.75, 3.05) is 29.2 Å². The highest BCUT2D eigenvalue weighted by Crippen LogP contribution is 2.32. The highest BCUT2D eigenvalue weighted by molar-refractivity contribution is 5.96. The minimum absolute atomic E-state index is 0.140. The number of fused-ring (bicyclic) bond motifs is 1. The highest BCUT2D eigenvalue weighted by Gasteiger charge is 2.16. The molecule has 2 aromatic carbocycles. The number of hydrogen-bond donors (Lipinski definition) is 3. The van der Waals surface area contributed by atoms with Crippen molar-refractivity contribution in [1.29, 1.82) is 0 Å². The summed E-state index contributed by atoms with van der Waals surface area (Å²) in [5.41, 5.74) is 2.11. The molecule has 0 saturated heterocycles. The van der Waals surface area contributed by atoms with Crippen molar-refractivity contribution in [3.63, 3.8) is 0 Å². The Hall–Kier alpha value is -3.22. The summed E-state index contributed by atoms with van der Waals surface area (Å²) in [4.78, 5) is 23.4. The maximum absolute atomic E-state index is 12.4. The quantitative estimate of drug-likeness (QED) is 0.767. The molecule has 0 radical (unpaired) electrons. The van der Waals surface area contributed by atoms with Crippen LogP contribution in [-0.4, -0.2) is 31.1 Å². The van der Waals surface area contributed by atoms with Crippen LogP contribution in [0.2, 0.25) is 0 Å². The molecule has 1 atom stereocenters. The molecule has 1 aliphatic rings. The van der Waals surface area contributed by atoms with E-state index in [-0.39, 0.29) is 11.8 Å². The fourth-order valence-electron chi connectivity index (χ4n) is 2.54. The third-order valence-corrected chi connectivity index (χ3v) is 3.79. The first-order valence-electron chi connectivity index (χ1n) is 8.36. The van der Waals surface area contributed by atoms with Gasteiger partial charge in [-0.15, -0.1) is 0 Å². The second-order valence-electron chi connectivity index (χ2n) is 5.97. The molecule has 0 saturated carbocycles. The lowest BCUT2D eigenvalue weighted by Crippen LogP contribution is -2.31. The maximum Gasteiger partial charge on any atom is 0.246 e. The number of ether oxygens (including phenoxy) is 2. The van der Waals surface area contributed by atoms with Gasteiger partial charge in [-0.2, -0.15) is 0 Å². The van der Waals surface area contributed by atoms with Gasteiger partial charge in [0.1, 0.15) is 19.3 Å². The number of amides is 2. The molecular weight excluding hydrogens is 334 g/mol. The van der Waals surface area contributed by atoms with Gasteiger partial charge in [0, 0.05) is 30.1 Å². The number of carbonyl (C=O) groups is 2. The number of carbonyl (C=O) groups excluding carboxylic acids is 2. The van der Waals surface area contributed by atoms with E-state index in [4.69, 9.17) is 9.47 Å². The van der Waals surface area contributed by atoms with Crippen molar-refractivity contribution in [2.24, 2.45) is 0 Å². The molecule has 3 N–H and O–H groups in total. The predicted octanol–water partition coefficient (Wildman–Crippen LogP) is 2.86. The smallest absolute Gasteiger partial charge is 0.246 e. The molecular formula is C19H21N3O4. The molecule has 26 heavy (non-hydrogen) atoms. The first-order chi connectivity index (χ1) is 12.5. The Balaban J connectivity index is 1.58. The van der Waals surface area contributed by atoms with Crippen molar-refractivity contribution in [3.8, 4) is 11.5 Å². The molecule has 7 nitrogen and oxygen atoms in total. The van der Waals surface area contributed by atoms with E-state index in [0.717, 1.165) is 5.69 Å². The van der Waals surface area contributed by atoms with Crippen LogP contribution in [-0.2, 0) is 9.59 Å². The summed E-state index contributed by atoms with van der Waals surface area (Å²) in [6, 6.07) is 12.0. The summed E-state index contributed by atoms with van der Waals surface area (Å²) in [5, 5.41) is 8.66. The topological polar surface area (TPSA) is 88.7 Å². The van der Waals surface area contributed by atoms with E-state index in [1.165, 1.54) is 6.92 Å². The van der Waals surface area contributed by atoms with Crippen LogP contribution in [0.4, 0.5) is 17.1 Å². The Labute approximate surface area is 151 Å². The number of benzene rings is 2. The van der Waals surface area contributed by atoms with E-state index >= 15 is 0 Å². The van der Waals surface area contributed by atoms with E-state index in [2.05, 4.69) is 16.0 Å². The van der Waals surface area contributed by atoms with Gasteiger partial charge in [0.15, 0.2) is 11.5 Å². The van der Waals surface area contributed by atoms with Crippen LogP contribution in [0.3, 0.4) is 0 Å². The number of nitrogens with one attached hydrogen (secondary N) is 3. The Morgan fingerprint density at radius 1 is 0.885 bits per heavy atom. The predicted molar refractivity (Wildman–Crippen MR) is 99.9 cm³/mol. The average Bonchev–Trinajstić information content (AvgIpc) is 2.62. The molecule has 136 valence electrons. The molecule has 2 amide bonds. The second kappa shape index (κ2) is 7.77. The summed E-state index contributed by atoms with van der Waals surface area (Å²) in [5.74, 6) is 1.06. The first-order valence-corrected chi connectivity index (χ1v) is 8.36. The Morgan fingerprint density at radius 2 is 1.46 bits per heavy atom. The molecule has 0 unspecified atom stereocenters. The summed E-state index contributed by atoms with van der Waals surface area (Å²) < 4.78 is 11.0. The van der Waals surface area contributed by atoms with Gasteiger partial charge in [0.25, 0.3) is 0 Å². The zero-order valence-electron chi connectivity index (χ0n) is 14.7. The molecule has 0 aromatic heterocycles. The molecule has 3 rings (SSSR count). The van der Waals surface area contributed by atoms with Gasteiger partial charge >= 0.3 is 0 Å². The average molecular weight is 355 g/mol. The van der Waals surface area contributed by atoms with E-state index < -0.39 is 6.04 Å². The second-order valence-corrected chi connectivity index (χ2v) is 5.97. The Kier molecular flexibility index (Phi) is 5.26. The molecule has 0 spiro atoms. The fourth-order valence-corrected chi connectivity index (χ4v) is 2.54. The Morgan fingerprint density at radius 3 is 2.12 bits per heavy atom. The molecule has 7 heteroatoms. The van der Waals surface area contributed by atoms with Crippen LogP contribution in [0.25, 0.3) is 0 Å². The van der Waals surface area contributed by atoms with Gasteiger partial charge in [-0.05, 0) is 43.3 Å². The lowest BCUT2D eigenvalue weighted by molar-refractivity contribution is -0.116. The number of rotatable bonds is 5. The molecule has 0 aliphatic carbocycles. The molecule has 1 aliphatic heterocycles. The van der Waals surface area contributed by atoms with Crippen LogP contribution < -0.4 is 25.4 Å². The van der Waals surface area contributed by atoms with Crippen LogP contribution in [0.15, 0.2) is 42.5 Å². The van der Waals surface area contributed by atoms with Gasteiger partial charge in [-0.3, -0.25) is 9.59 Å². The summed E-state index contributed by atoms with van der Waals surface area (Å²) in [6.07, 6.45) is 0. The van der Waals surface area contributed by atoms with Crippen molar-refractivity contribution in [1.82, 2.24) is 0 Å². The van der Waals surface area contributed by atoms with Crippen molar-refractivity contribution >= 4 is 28.9 Å². The standard InChI is InChI=1S/C19H21N3O4/c1-12(20-16-7-8-17-18(11-16)26-10-9-25-17)19(24)22-15-5-3-14(4-6-15)21-13(2)23/h3-8,11-12,20H,9-10H2,1-2H3,(H,21,23)(H,22,24)/t12-/m0/s1. The molecule has 1 heterocycles. The van der Waals surface area contributed by atoms with Crippen LogP contribution in [0, 0.1) is 0 Å². The third kappa shape index (κ3) is 4.44. The van der Waals surface area contributed by atoms with E-state index in [1.54, 1.807) is 31.2 Å². The highest BCUT2D eigenvalue weighted by atomic mass is 16.6. The fraction of sp³-hybridized carbons (Fsp3) is 0.263. The van der Waals surface area contributed by atoms with Crippen LogP contribution >= 0.6 is 0 Å². The normalized spacial score (nSPS) is 13.5. The van der Waals surface area contributed by atoms with Gasteiger partial charge in [-0.25, -0.2) is 0 Å². The van der Waals surface area contributed by atoms with Crippen LogP contribution in [0.1, 0.15) is 13.8 Å². The molecule has 0 fully saturated rings. The van der Waals surface area contributed by atoms with Gasteiger partial charge in [0.2, 0.25) is 11.8 Å². The first kappa shape index (κ1) is 17.6. The SMILES string of the molecule is CC(=O)Nc1ccc(NC(=O)[C@H](C)Nc2ccc3c(c2)OCCO3)cc1. The molecule has 2 aromatic rings. The zero-order valence-corrected chi connectivity index (χ0v) is 14.7. The van der Waals surface area contributed by atoms with Gasteiger partial charge in [0.05, 0.1) is 0 Å². The number of hydrogen-bond acceptors (Lipinski definition) is 5. The molecule has 0 bridgehead atoms. The van der Waals surface area contributed by atoms with Crippen LogP contribution in [0.5, 0.6) is 11.5 Å². The van der Waals surface area contributed by atoms with E-state index in [9.17, 15) is 9.59 Å². The summed E-state index contributed by atoms with van der Waals surface area (Å²) in [7, 11) is 0. The van der Waals surface area contributed by atoms with Crippen molar-refractivity contribution in [2.45, 2.75) is 19.9 Å². The maximum atomic E-state index is 12.4. The zero-order chi connectivity index (χ0) is 18.5. The Bertz CT molecular complexity index is 805. The third-order valence-electron chi connectivity index (χ3n) is 3.79. The minimum atomic E-state index is -0.451. The van der Waals surface area contributed by atoms with E-state index in [0.29, 0.717) is 36.1 Å². The van der Waals surface area contributed by atoms with Crippen molar-refractivity contribution in [3.05, 3.63) is 42.5 Å². The van der Waals surface area contributed by atoms with E-state index in [1.807, 2.05) is 18.2 Å². The summed E-state index contributed by atoms with van der Waals surface area (Å²) >= 11 is 0. The largest absolute Gasteiger partial charge is 0.486 e. The summed E-state index contributed by atoms with van der Waals surface area (Å²) in [6.45, 7) is 4.28. The lowest BCUT2D eigenvalue weighted by Gasteiger charge is -2.20. The monoisotopic (exact) mass is 355 g/mol. The number of anilines is 3. The van der Waals surface area contributed by atoms with Crippen molar-refractivity contribution < 1.29 is 19.1 Å². The minimum Gasteiger partial charge on any atom is -0.486 e. The van der Waals surface area contributed by atoms with Gasteiger partial charge < -0.3 is 25.4 Å².